The van der Waals surface area contributed by atoms with Crippen LogP contribution in [0.1, 0.15) is 16.1 Å². The molecule has 0 spiro atoms. The van der Waals surface area contributed by atoms with Gasteiger partial charge in [-0.05, 0) is 19.1 Å². The van der Waals surface area contributed by atoms with Crippen molar-refractivity contribution in [3.63, 3.8) is 0 Å². The second-order valence-electron chi connectivity index (χ2n) is 3.59. The topological polar surface area (TPSA) is 72.6 Å². The molecule has 2 rings (SSSR count). The zero-order valence-corrected chi connectivity index (χ0v) is 9.43. The Hall–Kier alpha value is -2.30. The Bertz CT molecular complexity index is 559. The van der Waals surface area contributed by atoms with Gasteiger partial charge in [0, 0.05) is 11.6 Å². The maximum Gasteiger partial charge on any atom is 0.374 e. The number of hydrogen-bond acceptors (Lipinski definition) is 4. The van der Waals surface area contributed by atoms with Gasteiger partial charge in [0.05, 0.1) is 7.11 Å². The quantitative estimate of drug-likeness (QED) is 0.880. The Balaban J connectivity index is 2.51. The van der Waals surface area contributed by atoms with E-state index in [0.717, 1.165) is 5.56 Å². The number of carboxylic acid groups (broad SMARTS) is 1. The van der Waals surface area contributed by atoms with E-state index in [2.05, 4.69) is 5.16 Å². The molecule has 1 aromatic carbocycles. The van der Waals surface area contributed by atoms with Crippen LogP contribution in [-0.2, 0) is 0 Å². The third-order valence-electron chi connectivity index (χ3n) is 2.35. The number of aromatic carboxylic acids is 1. The van der Waals surface area contributed by atoms with Gasteiger partial charge in [-0.15, -0.1) is 0 Å². The normalized spacial score (nSPS) is 10.2. The number of benzene rings is 1. The first kappa shape index (κ1) is 11.2. The van der Waals surface area contributed by atoms with Gasteiger partial charge < -0.3 is 14.4 Å². The summed E-state index contributed by atoms with van der Waals surface area (Å²) in [7, 11) is 1.55. The number of aryl methyl sites for hydroxylation is 1. The summed E-state index contributed by atoms with van der Waals surface area (Å²) in [6.45, 7) is 1.93. The number of carbonyl (C=O) groups is 1. The zero-order valence-electron chi connectivity index (χ0n) is 9.43. The fraction of sp³-hybridized carbons (Fsp3) is 0.167. The highest BCUT2D eigenvalue weighted by Crippen LogP contribution is 2.30. The molecule has 0 amide bonds. The lowest BCUT2D eigenvalue weighted by molar-refractivity contribution is 0.0652. The third kappa shape index (κ3) is 2.13. The van der Waals surface area contributed by atoms with Crippen LogP contribution in [0.5, 0.6) is 5.75 Å². The van der Waals surface area contributed by atoms with E-state index in [9.17, 15) is 4.79 Å². The van der Waals surface area contributed by atoms with E-state index in [1.165, 1.54) is 6.07 Å². The molecule has 1 aromatic heterocycles. The van der Waals surface area contributed by atoms with Gasteiger partial charge in [0.15, 0.2) is 0 Å². The Morgan fingerprint density at radius 2 is 2.18 bits per heavy atom. The van der Waals surface area contributed by atoms with E-state index in [1.54, 1.807) is 13.2 Å². The number of carboxylic acids is 1. The first-order chi connectivity index (χ1) is 8.11. The van der Waals surface area contributed by atoms with E-state index in [4.69, 9.17) is 14.4 Å². The predicted octanol–water partition coefficient (Wildman–Crippen LogP) is 2.36. The van der Waals surface area contributed by atoms with Crippen molar-refractivity contribution >= 4 is 5.97 Å². The largest absolute Gasteiger partial charge is 0.496 e. The lowest BCUT2D eigenvalue weighted by Gasteiger charge is -2.06. The highest BCUT2D eigenvalue weighted by Gasteiger charge is 2.15. The highest BCUT2D eigenvalue weighted by atomic mass is 16.5. The molecule has 0 unspecified atom stereocenters. The second-order valence-corrected chi connectivity index (χ2v) is 3.59. The maximum absolute atomic E-state index is 10.7. The number of methoxy groups -OCH3 is 1. The van der Waals surface area contributed by atoms with Crippen LogP contribution in [0.15, 0.2) is 28.8 Å². The molecule has 0 saturated carbocycles. The van der Waals surface area contributed by atoms with Gasteiger partial charge in [0.2, 0.25) is 5.76 Å². The smallest absolute Gasteiger partial charge is 0.374 e. The van der Waals surface area contributed by atoms with Gasteiger partial charge in [-0.2, -0.15) is 0 Å². The molecule has 17 heavy (non-hydrogen) atoms. The molecule has 5 heteroatoms. The number of aromatic nitrogens is 1. The summed E-state index contributed by atoms with van der Waals surface area (Å²) in [6.07, 6.45) is 0. The zero-order chi connectivity index (χ0) is 12.4. The van der Waals surface area contributed by atoms with Gasteiger partial charge in [0.1, 0.15) is 11.4 Å². The highest BCUT2D eigenvalue weighted by molar-refractivity contribution is 5.86. The van der Waals surface area contributed by atoms with E-state index in [0.29, 0.717) is 17.0 Å². The van der Waals surface area contributed by atoms with E-state index in [1.807, 2.05) is 19.1 Å². The standard InChI is InChI=1S/C12H11NO4/c1-7-3-4-10(16-2)8(5-7)9-6-11(12(14)15)17-13-9/h3-6H,1-2H3,(H,14,15). The van der Waals surface area contributed by atoms with Crippen molar-refractivity contribution in [2.24, 2.45) is 0 Å². The molecule has 0 aliphatic heterocycles. The van der Waals surface area contributed by atoms with Crippen LogP contribution in [0.4, 0.5) is 0 Å². The van der Waals surface area contributed by atoms with Crippen LogP contribution in [0.2, 0.25) is 0 Å². The Kier molecular flexibility index (Phi) is 2.82. The Morgan fingerprint density at radius 1 is 1.41 bits per heavy atom. The van der Waals surface area contributed by atoms with Gasteiger partial charge in [-0.25, -0.2) is 4.79 Å². The van der Waals surface area contributed by atoms with Crippen molar-refractivity contribution in [3.05, 3.63) is 35.6 Å². The lowest BCUT2D eigenvalue weighted by atomic mass is 10.1. The fourth-order valence-corrected chi connectivity index (χ4v) is 1.52. The minimum atomic E-state index is -1.14. The number of hydrogen-bond donors (Lipinski definition) is 1. The van der Waals surface area contributed by atoms with Crippen LogP contribution in [0.25, 0.3) is 11.3 Å². The summed E-state index contributed by atoms with van der Waals surface area (Å²) in [5, 5.41) is 12.5. The molecule has 2 aromatic rings. The van der Waals surface area contributed by atoms with Crippen LogP contribution in [0, 0.1) is 6.92 Å². The van der Waals surface area contributed by atoms with Crippen LogP contribution < -0.4 is 4.74 Å². The molecule has 0 radical (unpaired) electrons. The Labute approximate surface area is 97.6 Å². The van der Waals surface area contributed by atoms with E-state index >= 15 is 0 Å². The molecule has 5 nitrogen and oxygen atoms in total. The molecule has 1 N–H and O–H groups in total. The molecule has 88 valence electrons. The summed E-state index contributed by atoms with van der Waals surface area (Å²) in [5.74, 6) is -0.709. The minimum Gasteiger partial charge on any atom is -0.496 e. The summed E-state index contributed by atoms with van der Waals surface area (Å²) < 4.78 is 9.91. The molecule has 1 heterocycles. The average Bonchev–Trinajstić information content (AvgIpc) is 2.78. The summed E-state index contributed by atoms with van der Waals surface area (Å²) in [6, 6.07) is 6.95. The molecular weight excluding hydrogens is 222 g/mol. The first-order valence-corrected chi connectivity index (χ1v) is 4.97. The molecular formula is C12H11NO4. The van der Waals surface area contributed by atoms with Gasteiger partial charge >= 0.3 is 5.97 Å². The van der Waals surface area contributed by atoms with Crippen molar-refractivity contribution < 1.29 is 19.2 Å². The average molecular weight is 233 g/mol. The third-order valence-corrected chi connectivity index (χ3v) is 2.35. The molecule has 0 saturated heterocycles. The molecule has 0 atom stereocenters. The minimum absolute atomic E-state index is 0.191. The van der Waals surface area contributed by atoms with Crippen molar-refractivity contribution in [1.82, 2.24) is 5.16 Å². The SMILES string of the molecule is COc1ccc(C)cc1-c1cc(C(=O)O)on1. The van der Waals surface area contributed by atoms with Gasteiger partial charge in [0.25, 0.3) is 0 Å². The van der Waals surface area contributed by atoms with Crippen molar-refractivity contribution in [2.75, 3.05) is 7.11 Å². The van der Waals surface area contributed by atoms with Gasteiger partial charge in [-0.3, -0.25) is 0 Å². The number of rotatable bonds is 3. The molecule has 0 aliphatic carbocycles. The predicted molar refractivity (Wildman–Crippen MR) is 60.2 cm³/mol. The maximum atomic E-state index is 10.7. The molecule has 0 aliphatic rings. The summed E-state index contributed by atoms with van der Waals surface area (Å²) in [5.41, 5.74) is 2.19. The fourth-order valence-electron chi connectivity index (χ4n) is 1.52. The van der Waals surface area contributed by atoms with Crippen LogP contribution in [-0.4, -0.2) is 23.3 Å². The van der Waals surface area contributed by atoms with Crippen LogP contribution in [0.3, 0.4) is 0 Å². The Morgan fingerprint density at radius 3 is 2.76 bits per heavy atom. The van der Waals surface area contributed by atoms with E-state index in [-0.39, 0.29) is 5.76 Å². The molecule has 0 bridgehead atoms. The van der Waals surface area contributed by atoms with E-state index < -0.39 is 5.97 Å². The number of ether oxygens (including phenoxy) is 1. The van der Waals surface area contributed by atoms with Crippen molar-refractivity contribution in [1.29, 1.82) is 0 Å². The van der Waals surface area contributed by atoms with Crippen LogP contribution >= 0.6 is 0 Å². The second kappa shape index (κ2) is 4.29. The number of nitrogens with zero attached hydrogens (tertiary/aromatic N) is 1. The summed E-state index contributed by atoms with van der Waals surface area (Å²) in [4.78, 5) is 10.7. The van der Waals surface area contributed by atoms with Gasteiger partial charge in [-0.1, -0.05) is 16.8 Å². The first-order valence-electron chi connectivity index (χ1n) is 4.97. The van der Waals surface area contributed by atoms with Crippen molar-refractivity contribution in [3.8, 4) is 17.0 Å². The van der Waals surface area contributed by atoms with Crippen molar-refractivity contribution in [2.45, 2.75) is 6.92 Å². The lowest BCUT2D eigenvalue weighted by Crippen LogP contribution is -1.92. The molecule has 0 fully saturated rings. The summed E-state index contributed by atoms with van der Waals surface area (Å²) >= 11 is 0. The monoisotopic (exact) mass is 233 g/mol.